The third kappa shape index (κ3) is 4.45. The molecule has 0 aliphatic heterocycles. The molecule has 0 atom stereocenters. The molecule has 8 heteroatoms. The highest BCUT2D eigenvalue weighted by atomic mass is 16.2. The number of anilines is 1. The normalized spacial score (nSPS) is 11.1. The van der Waals surface area contributed by atoms with Crippen molar-refractivity contribution in [1.29, 1.82) is 0 Å². The first-order chi connectivity index (χ1) is 17.8. The molecule has 37 heavy (non-hydrogen) atoms. The van der Waals surface area contributed by atoms with Gasteiger partial charge in [-0.3, -0.25) is 24.6 Å². The smallest absolute Gasteiger partial charge is 0.275 e. The van der Waals surface area contributed by atoms with Crippen LogP contribution in [0, 0.1) is 13.8 Å². The fourth-order valence-corrected chi connectivity index (χ4v) is 4.76. The fourth-order valence-electron chi connectivity index (χ4n) is 4.76. The first kappa shape index (κ1) is 23.9. The van der Waals surface area contributed by atoms with Crippen LogP contribution in [-0.2, 0) is 4.79 Å². The Morgan fingerprint density at radius 1 is 0.703 bits per heavy atom. The summed E-state index contributed by atoms with van der Waals surface area (Å²) in [4.78, 5) is 39.2. The summed E-state index contributed by atoms with van der Waals surface area (Å²) in [7, 11) is 0. The maximum atomic E-state index is 13.8. The highest BCUT2D eigenvalue weighted by Crippen LogP contribution is 2.33. The van der Waals surface area contributed by atoms with E-state index < -0.39 is 5.92 Å². The summed E-state index contributed by atoms with van der Waals surface area (Å²) in [5, 5.41) is 9.15. The SMILES string of the molecule is CC(=O)Nc1ccc(C(c2c(C)[nH]n(-c3ccccc3)c2=O)c2c(C)[nH]n(-c3ccccc3)c2=O)cc1. The number of nitrogens with one attached hydrogen (secondary N) is 3. The van der Waals surface area contributed by atoms with E-state index in [1.54, 1.807) is 12.1 Å². The topological polar surface area (TPSA) is 105 Å². The highest BCUT2D eigenvalue weighted by Gasteiger charge is 2.30. The van der Waals surface area contributed by atoms with Gasteiger partial charge in [-0.05, 0) is 55.8 Å². The van der Waals surface area contributed by atoms with Gasteiger partial charge in [-0.15, -0.1) is 0 Å². The van der Waals surface area contributed by atoms with E-state index >= 15 is 0 Å². The van der Waals surface area contributed by atoms with Gasteiger partial charge >= 0.3 is 0 Å². The van der Waals surface area contributed by atoms with Gasteiger partial charge in [0, 0.05) is 29.9 Å². The molecule has 3 N–H and O–H groups in total. The maximum absolute atomic E-state index is 13.8. The number of amides is 1. The lowest BCUT2D eigenvalue weighted by Gasteiger charge is -2.16. The van der Waals surface area contributed by atoms with Gasteiger partial charge in [0.1, 0.15) is 0 Å². The Balaban J connectivity index is 1.73. The van der Waals surface area contributed by atoms with Gasteiger partial charge in [-0.25, -0.2) is 9.36 Å². The number of rotatable bonds is 6. The molecule has 0 saturated carbocycles. The molecule has 0 radical (unpaired) electrons. The second-order valence-corrected chi connectivity index (χ2v) is 8.99. The minimum absolute atomic E-state index is 0.177. The first-order valence-corrected chi connectivity index (χ1v) is 12.0. The van der Waals surface area contributed by atoms with Crippen LogP contribution in [0.2, 0.25) is 0 Å². The minimum atomic E-state index is -0.645. The van der Waals surface area contributed by atoms with E-state index in [1.807, 2.05) is 86.6 Å². The van der Waals surface area contributed by atoms with E-state index in [-0.39, 0.29) is 17.0 Å². The molecule has 0 bridgehead atoms. The Kier molecular flexibility index (Phi) is 6.23. The third-order valence-electron chi connectivity index (χ3n) is 6.40. The molecule has 186 valence electrons. The van der Waals surface area contributed by atoms with Crippen LogP contribution in [0.5, 0.6) is 0 Å². The number of aryl methyl sites for hydroxylation is 2. The molecule has 0 aliphatic rings. The number of para-hydroxylation sites is 2. The molecule has 0 fully saturated rings. The van der Waals surface area contributed by atoms with Gasteiger partial charge in [-0.2, -0.15) is 0 Å². The van der Waals surface area contributed by atoms with Crippen molar-refractivity contribution in [2.24, 2.45) is 0 Å². The Hall–Kier alpha value is -4.85. The summed E-state index contributed by atoms with van der Waals surface area (Å²) in [5.41, 5.74) is 4.63. The number of carbonyl (C=O) groups is 1. The number of hydrogen-bond donors (Lipinski definition) is 3. The van der Waals surface area contributed by atoms with Crippen LogP contribution >= 0.6 is 0 Å². The van der Waals surface area contributed by atoms with Crippen LogP contribution in [0.3, 0.4) is 0 Å². The number of benzene rings is 3. The third-order valence-corrected chi connectivity index (χ3v) is 6.40. The van der Waals surface area contributed by atoms with E-state index in [0.717, 1.165) is 5.56 Å². The van der Waals surface area contributed by atoms with Gasteiger partial charge in [0.2, 0.25) is 5.91 Å². The van der Waals surface area contributed by atoms with Crippen molar-refractivity contribution in [3.63, 3.8) is 0 Å². The monoisotopic (exact) mass is 493 g/mol. The van der Waals surface area contributed by atoms with Crippen LogP contribution in [0.15, 0.2) is 94.5 Å². The molecule has 8 nitrogen and oxygen atoms in total. The standard InChI is InChI=1S/C29H27N5O3/c1-18-25(28(36)33(31-18)23-10-6-4-7-11-23)27(21-14-16-22(17-15-21)30-20(3)35)26-19(2)32-34(29(26)37)24-12-8-5-9-13-24/h4-17,27,31-32H,1-3H3,(H,30,35). The molecule has 0 unspecified atom stereocenters. The van der Waals surface area contributed by atoms with Crippen molar-refractivity contribution in [1.82, 2.24) is 19.6 Å². The average molecular weight is 494 g/mol. The van der Waals surface area contributed by atoms with E-state index in [9.17, 15) is 14.4 Å². The van der Waals surface area contributed by atoms with Gasteiger partial charge in [-0.1, -0.05) is 48.5 Å². The molecule has 0 spiro atoms. The number of carbonyl (C=O) groups excluding carboxylic acids is 1. The minimum Gasteiger partial charge on any atom is -0.326 e. The Labute approximate surface area is 213 Å². The van der Waals surface area contributed by atoms with Crippen molar-refractivity contribution >= 4 is 11.6 Å². The van der Waals surface area contributed by atoms with Crippen molar-refractivity contribution in [2.75, 3.05) is 5.32 Å². The predicted octanol–water partition coefficient (Wildman–Crippen LogP) is 4.40. The lowest BCUT2D eigenvalue weighted by molar-refractivity contribution is -0.114. The fraction of sp³-hybridized carbons (Fsp3) is 0.138. The summed E-state index contributed by atoms with van der Waals surface area (Å²) in [5.74, 6) is -0.822. The van der Waals surface area contributed by atoms with Crippen molar-refractivity contribution in [2.45, 2.75) is 26.7 Å². The van der Waals surface area contributed by atoms with Crippen LogP contribution in [0.1, 0.15) is 40.9 Å². The largest absolute Gasteiger partial charge is 0.326 e. The number of hydrogen-bond acceptors (Lipinski definition) is 3. The molecular weight excluding hydrogens is 466 g/mol. The average Bonchev–Trinajstić information content (AvgIpc) is 3.36. The summed E-state index contributed by atoms with van der Waals surface area (Å²) in [6, 6.07) is 25.9. The van der Waals surface area contributed by atoms with Gasteiger partial charge in [0.15, 0.2) is 0 Å². The molecule has 5 rings (SSSR count). The molecule has 3 aromatic carbocycles. The van der Waals surface area contributed by atoms with Gasteiger partial charge in [0.25, 0.3) is 11.1 Å². The van der Waals surface area contributed by atoms with Crippen LogP contribution in [0.25, 0.3) is 11.4 Å². The quantitative estimate of drug-likeness (QED) is 0.327. The second kappa shape index (κ2) is 9.66. The molecule has 1 amide bonds. The number of aromatic amines is 2. The van der Waals surface area contributed by atoms with Crippen LogP contribution < -0.4 is 16.4 Å². The van der Waals surface area contributed by atoms with Crippen molar-refractivity contribution in [3.05, 3.63) is 134 Å². The molecule has 2 heterocycles. The van der Waals surface area contributed by atoms with Crippen molar-refractivity contribution in [3.8, 4) is 11.4 Å². The lowest BCUT2D eigenvalue weighted by Crippen LogP contribution is -2.25. The van der Waals surface area contributed by atoms with E-state index in [0.29, 0.717) is 39.6 Å². The Morgan fingerprint density at radius 3 is 1.54 bits per heavy atom. The highest BCUT2D eigenvalue weighted by molar-refractivity contribution is 5.88. The van der Waals surface area contributed by atoms with Crippen LogP contribution in [0.4, 0.5) is 5.69 Å². The second-order valence-electron chi connectivity index (χ2n) is 8.99. The van der Waals surface area contributed by atoms with Gasteiger partial charge in [0.05, 0.1) is 22.5 Å². The first-order valence-electron chi connectivity index (χ1n) is 12.0. The Bertz CT molecular complexity index is 1580. The van der Waals surface area contributed by atoms with E-state index in [2.05, 4.69) is 15.5 Å². The molecular formula is C29H27N5O3. The summed E-state index contributed by atoms with van der Waals surface area (Å²) in [6.45, 7) is 5.13. The summed E-state index contributed by atoms with van der Waals surface area (Å²) < 4.78 is 3.00. The Morgan fingerprint density at radius 2 is 1.14 bits per heavy atom. The zero-order valence-electron chi connectivity index (χ0n) is 20.8. The lowest BCUT2D eigenvalue weighted by atomic mass is 9.85. The van der Waals surface area contributed by atoms with E-state index in [4.69, 9.17) is 0 Å². The number of aromatic nitrogens is 4. The predicted molar refractivity (Wildman–Crippen MR) is 144 cm³/mol. The molecule has 0 saturated heterocycles. The van der Waals surface area contributed by atoms with E-state index in [1.165, 1.54) is 16.3 Å². The van der Waals surface area contributed by atoms with Crippen LogP contribution in [-0.4, -0.2) is 25.5 Å². The van der Waals surface area contributed by atoms with Crippen molar-refractivity contribution < 1.29 is 4.79 Å². The van der Waals surface area contributed by atoms with Gasteiger partial charge < -0.3 is 5.32 Å². The maximum Gasteiger partial charge on any atom is 0.275 e. The zero-order chi connectivity index (χ0) is 26.1. The molecule has 0 aliphatic carbocycles. The zero-order valence-corrected chi connectivity index (χ0v) is 20.8. The molecule has 2 aromatic heterocycles. The summed E-state index contributed by atoms with van der Waals surface area (Å²) >= 11 is 0. The number of H-pyrrole nitrogens is 2. The summed E-state index contributed by atoms with van der Waals surface area (Å²) in [6.07, 6.45) is 0. The number of nitrogens with zero attached hydrogens (tertiary/aromatic N) is 2. The molecule has 5 aromatic rings.